The lowest BCUT2D eigenvalue weighted by Crippen LogP contribution is -2.17. The van der Waals surface area contributed by atoms with E-state index in [9.17, 15) is 13.2 Å². The Morgan fingerprint density at radius 2 is 1.87 bits per heavy atom. The highest BCUT2D eigenvalue weighted by atomic mass is 35.5. The Hall–Kier alpha value is -2.02. The van der Waals surface area contributed by atoms with Crippen molar-refractivity contribution >= 4 is 23.2 Å². The Balaban J connectivity index is 2.37. The molecule has 0 aliphatic carbocycles. The molecule has 124 valence electrons. The second-order valence-electron chi connectivity index (χ2n) is 4.77. The van der Waals surface area contributed by atoms with Crippen LogP contribution in [-0.4, -0.2) is 23.6 Å². The fraction of sp³-hybridized carbons (Fsp3) is 0.333. The largest absolute Gasteiger partial charge is 0.477 e. The Morgan fingerprint density at radius 1 is 1.22 bits per heavy atom. The molecule has 0 saturated heterocycles. The highest BCUT2D eigenvalue weighted by Crippen LogP contribution is 2.36. The maximum atomic E-state index is 13.0. The van der Waals surface area contributed by atoms with Crippen LogP contribution in [0, 0.1) is 0 Å². The SMILES string of the molecule is CCCOc1nc(N(C)c2ccc(Cl)cc2)ncc1C(F)(F)F. The summed E-state index contributed by atoms with van der Waals surface area (Å²) in [6, 6.07) is 6.78. The average molecular weight is 346 g/mol. The van der Waals surface area contributed by atoms with Gasteiger partial charge in [0.05, 0.1) is 6.61 Å². The molecule has 23 heavy (non-hydrogen) atoms. The normalized spacial score (nSPS) is 11.4. The highest BCUT2D eigenvalue weighted by Gasteiger charge is 2.36. The molecule has 0 radical (unpaired) electrons. The summed E-state index contributed by atoms with van der Waals surface area (Å²) in [6.07, 6.45) is -3.26. The second-order valence-corrected chi connectivity index (χ2v) is 5.21. The van der Waals surface area contributed by atoms with Gasteiger partial charge >= 0.3 is 6.18 Å². The van der Waals surface area contributed by atoms with Crippen LogP contribution in [0.15, 0.2) is 30.5 Å². The number of alkyl halides is 3. The molecule has 0 atom stereocenters. The van der Waals surface area contributed by atoms with Crippen molar-refractivity contribution in [3.8, 4) is 5.88 Å². The zero-order valence-corrected chi connectivity index (χ0v) is 13.3. The Morgan fingerprint density at radius 3 is 2.43 bits per heavy atom. The smallest absolute Gasteiger partial charge is 0.423 e. The fourth-order valence-corrected chi connectivity index (χ4v) is 1.93. The summed E-state index contributed by atoms with van der Waals surface area (Å²) in [4.78, 5) is 9.26. The van der Waals surface area contributed by atoms with Gasteiger partial charge in [-0.2, -0.15) is 18.2 Å². The summed E-state index contributed by atoms with van der Waals surface area (Å²) in [5.41, 5.74) is -0.296. The molecule has 0 unspecified atom stereocenters. The number of hydrogen-bond donors (Lipinski definition) is 0. The molecule has 0 spiro atoms. The molecule has 0 aliphatic rings. The third-order valence-corrected chi connectivity index (χ3v) is 3.26. The third kappa shape index (κ3) is 4.25. The zero-order chi connectivity index (χ0) is 17.0. The van der Waals surface area contributed by atoms with E-state index in [2.05, 4.69) is 9.97 Å². The average Bonchev–Trinajstić information content (AvgIpc) is 2.51. The molecule has 0 N–H and O–H groups in total. The van der Waals surface area contributed by atoms with Gasteiger partial charge in [0.25, 0.3) is 0 Å². The molecule has 0 aliphatic heterocycles. The molecule has 0 amide bonds. The molecule has 8 heteroatoms. The number of nitrogens with zero attached hydrogens (tertiary/aromatic N) is 3. The van der Waals surface area contributed by atoms with Crippen molar-refractivity contribution in [2.45, 2.75) is 19.5 Å². The lowest BCUT2D eigenvalue weighted by atomic mass is 10.3. The minimum atomic E-state index is -4.57. The van der Waals surface area contributed by atoms with Gasteiger partial charge in [0, 0.05) is 24.0 Å². The van der Waals surface area contributed by atoms with Crippen molar-refractivity contribution in [3.05, 3.63) is 41.0 Å². The lowest BCUT2D eigenvalue weighted by Gasteiger charge is -2.19. The zero-order valence-electron chi connectivity index (χ0n) is 12.6. The van der Waals surface area contributed by atoms with Crippen molar-refractivity contribution in [3.63, 3.8) is 0 Å². The maximum absolute atomic E-state index is 13.0. The first-order valence-electron chi connectivity index (χ1n) is 6.89. The standard InChI is InChI=1S/C15H15ClF3N3O/c1-3-8-23-13-12(15(17,18)19)9-20-14(21-13)22(2)11-6-4-10(16)5-7-11/h4-7,9H,3,8H2,1-2H3. The maximum Gasteiger partial charge on any atom is 0.423 e. The molecule has 2 aromatic rings. The number of aromatic nitrogens is 2. The molecule has 0 saturated carbocycles. The van der Waals surface area contributed by atoms with Gasteiger partial charge in [-0.05, 0) is 30.7 Å². The van der Waals surface area contributed by atoms with Gasteiger partial charge in [-0.3, -0.25) is 0 Å². The van der Waals surface area contributed by atoms with Crippen LogP contribution in [-0.2, 0) is 6.18 Å². The van der Waals surface area contributed by atoms with Crippen LogP contribution in [0.3, 0.4) is 0 Å². The summed E-state index contributed by atoms with van der Waals surface area (Å²) < 4.78 is 44.1. The molecule has 4 nitrogen and oxygen atoms in total. The Labute approximate surface area is 136 Å². The molecule has 2 rings (SSSR count). The van der Waals surface area contributed by atoms with E-state index < -0.39 is 17.6 Å². The number of anilines is 2. The van der Waals surface area contributed by atoms with Crippen molar-refractivity contribution in [2.75, 3.05) is 18.6 Å². The predicted molar refractivity (Wildman–Crippen MR) is 82.3 cm³/mol. The number of hydrogen-bond acceptors (Lipinski definition) is 4. The first-order chi connectivity index (χ1) is 10.8. The van der Waals surface area contributed by atoms with Gasteiger partial charge in [0.2, 0.25) is 11.8 Å². The molecule has 1 aromatic heterocycles. The molecule has 0 bridgehead atoms. The van der Waals surface area contributed by atoms with Gasteiger partial charge in [-0.15, -0.1) is 0 Å². The van der Waals surface area contributed by atoms with E-state index in [1.807, 2.05) is 0 Å². The van der Waals surface area contributed by atoms with E-state index in [0.29, 0.717) is 17.1 Å². The van der Waals surface area contributed by atoms with Crippen LogP contribution in [0.4, 0.5) is 24.8 Å². The molecule has 1 aromatic carbocycles. The van der Waals surface area contributed by atoms with Gasteiger partial charge in [0.1, 0.15) is 5.56 Å². The molecule has 1 heterocycles. The molecule has 0 fully saturated rings. The van der Waals surface area contributed by atoms with Gasteiger partial charge in [0.15, 0.2) is 0 Å². The van der Waals surface area contributed by atoms with Crippen LogP contribution < -0.4 is 9.64 Å². The Kier molecular flexibility index (Phi) is 5.30. The Bertz CT molecular complexity index is 662. The van der Waals surface area contributed by atoms with E-state index in [1.165, 1.54) is 0 Å². The topological polar surface area (TPSA) is 38.2 Å². The first-order valence-corrected chi connectivity index (χ1v) is 7.27. The summed E-state index contributed by atoms with van der Waals surface area (Å²) in [5, 5.41) is 0.558. The van der Waals surface area contributed by atoms with E-state index in [4.69, 9.17) is 16.3 Å². The van der Waals surface area contributed by atoms with Crippen molar-refractivity contribution < 1.29 is 17.9 Å². The third-order valence-electron chi connectivity index (χ3n) is 3.00. The van der Waals surface area contributed by atoms with Gasteiger partial charge in [-0.1, -0.05) is 18.5 Å². The summed E-state index contributed by atoms with van der Waals surface area (Å²) >= 11 is 5.82. The monoisotopic (exact) mass is 345 g/mol. The fourth-order valence-electron chi connectivity index (χ4n) is 1.80. The van der Waals surface area contributed by atoms with Crippen molar-refractivity contribution in [1.82, 2.24) is 9.97 Å². The second kappa shape index (κ2) is 7.04. The predicted octanol–water partition coefficient (Wildman–Crippen LogP) is 4.71. The van der Waals surface area contributed by atoms with Crippen molar-refractivity contribution in [2.24, 2.45) is 0 Å². The van der Waals surface area contributed by atoms with E-state index in [-0.39, 0.29) is 12.6 Å². The van der Waals surface area contributed by atoms with Gasteiger partial charge < -0.3 is 9.64 Å². The first kappa shape index (κ1) is 17.3. The van der Waals surface area contributed by atoms with E-state index in [1.54, 1.807) is 43.1 Å². The minimum absolute atomic E-state index is 0.103. The van der Waals surface area contributed by atoms with E-state index >= 15 is 0 Å². The van der Waals surface area contributed by atoms with Crippen LogP contribution in [0.25, 0.3) is 0 Å². The van der Waals surface area contributed by atoms with Crippen LogP contribution in [0.5, 0.6) is 5.88 Å². The van der Waals surface area contributed by atoms with Crippen LogP contribution in [0.2, 0.25) is 5.02 Å². The highest BCUT2D eigenvalue weighted by molar-refractivity contribution is 6.30. The quantitative estimate of drug-likeness (QED) is 0.787. The minimum Gasteiger partial charge on any atom is -0.477 e. The summed E-state index contributed by atoms with van der Waals surface area (Å²) in [5.74, 6) is -0.364. The molecular formula is C15H15ClF3N3O. The summed E-state index contributed by atoms with van der Waals surface area (Å²) in [7, 11) is 1.65. The number of rotatable bonds is 5. The van der Waals surface area contributed by atoms with Crippen LogP contribution >= 0.6 is 11.6 Å². The van der Waals surface area contributed by atoms with Crippen LogP contribution in [0.1, 0.15) is 18.9 Å². The number of benzene rings is 1. The lowest BCUT2D eigenvalue weighted by molar-refractivity contribution is -0.139. The molecular weight excluding hydrogens is 331 g/mol. The summed E-state index contributed by atoms with van der Waals surface area (Å²) in [6.45, 7) is 1.94. The van der Waals surface area contributed by atoms with Crippen molar-refractivity contribution in [1.29, 1.82) is 0 Å². The number of ether oxygens (including phenoxy) is 1. The number of halogens is 4. The van der Waals surface area contributed by atoms with E-state index in [0.717, 1.165) is 6.20 Å². The van der Waals surface area contributed by atoms with Gasteiger partial charge in [-0.25, -0.2) is 4.98 Å².